The van der Waals surface area contributed by atoms with E-state index >= 15 is 0 Å². The predicted molar refractivity (Wildman–Crippen MR) is 159 cm³/mol. The van der Waals surface area contributed by atoms with Crippen molar-refractivity contribution in [2.75, 3.05) is 34.8 Å². The van der Waals surface area contributed by atoms with E-state index in [2.05, 4.69) is 46.1 Å². The number of carbonyl (C=O) groups excluding carboxylic acids is 3. The van der Waals surface area contributed by atoms with Crippen LogP contribution in [-0.2, 0) is 14.3 Å². The van der Waals surface area contributed by atoms with Gasteiger partial charge in [-0.3, -0.25) is 14.4 Å². The zero-order valence-corrected chi connectivity index (χ0v) is 24.7. The highest BCUT2D eigenvalue weighted by Gasteiger charge is 2.39. The van der Waals surface area contributed by atoms with E-state index in [0.717, 1.165) is 19.3 Å². The second-order valence-electron chi connectivity index (χ2n) is 11.8. The standard InChI is InChI=1S/C30H37N9O4/c1-4-5-6-7-25(40)43-23-8-11-38(28(23)42)20-12-22-26(21(27(32)41)16-35-39(22)17-20)36-24-9-10-37(18-30(24,2)3)29-33-14-19(13-31)15-34-29/h12,14-17,23-24,36H,4-11,18H2,1-3H3,(H2,32,41). The Morgan fingerprint density at radius 1 is 1.19 bits per heavy atom. The highest BCUT2D eigenvalue weighted by molar-refractivity contribution is 6.04. The number of amides is 2. The number of anilines is 3. The van der Waals surface area contributed by atoms with Gasteiger partial charge in [-0.1, -0.05) is 33.6 Å². The highest BCUT2D eigenvalue weighted by Crippen LogP contribution is 2.36. The van der Waals surface area contributed by atoms with Crippen molar-refractivity contribution in [3.63, 3.8) is 0 Å². The van der Waals surface area contributed by atoms with Gasteiger partial charge in [-0.25, -0.2) is 14.5 Å². The summed E-state index contributed by atoms with van der Waals surface area (Å²) in [6, 6.07) is 3.79. The number of carbonyl (C=O) groups is 3. The van der Waals surface area contributed by atoms with Gasteiger partial charge in [0.05, 0.1) is 52.8 Å². The molecule has 2 aliphatic heterocycles. The number of fused-ring (bicyclic) bond motifs is 1. The molecule has 3 aromatic heterocycles. The lowest BCUT2D eigenvalue weighted by atomic mass is 9.79. The Morgan fingerprint density at radius 2 is 1.95 bits per heavy atom. The van der Waals surface area contributed by atoms with Gasteiger partial charge in [0.1, 0.15) is 6.07 Å². The molecule has 2 fully saturated rings. The molecule has 2 unspecified atom stereocenters. The maximum atomic E-state index is 13.2. The van der Waals surface area contributed by atoms with Gasteiger partial charge in [-0.2, -0.15) is 10.4 Å². The summed E-state index contributed by atoms with van der Waals surface area (Å²) >= 11 is 0. The number of unbranched alkanes of at least 4 members (excludes halogenated alkanes) is 2. The first-order valence-corrected chi connectivity index (χ1v) is 14.7. The molecule has 2 atom stereocenters. The third kappa shape index (κ3) is 6.23. The van der Waals surface area contributed by atoms with Gasteiger partial charge in [0.2, 0.25) is 5.95 Å². The van der Waals surface area contributed by atoms with Gasteiger partial charge in [-0.05, 0) is 18.9 Å². The summed E-state index contributed by atoms with van der Waals surface area (Å²) in [5.74, 6) is -0.683. The zero-order valence-electron chi connectivity index (χ0n) is 24.7. The van der Waals surface area contributed by atoms with Crippen molar-refractivity contribution in [2.24, 2.45) is 11.1 Å². The van der Waals surface area contributed by atoms with E-state index in [1.165, 1.54) is 18.6 Å². The SMILES string of the molecule is CCCCCC(=O)OC1CCN(c2cc3c(NC4CCN(c5ncc(C#N)cn5)CC4(C)C)c(C(N)=O)cnn3c2)C1=O. The maximum absolute atomic E-state index is 13.2. The number of hydrogen-bond donors (Lipinski definition) is 2. The van der Waals surface area contributed by atoms with Crippen LogP contribution in [0.5, 0.6) is 0 Å². The van der Waals surface area contributed by atoms with Crippen molar-refractivity contribution in [3.8, 4) is 6.07 Å². The lowest BCUT2D eigenvalue weighted by molar-refractivity contribution is -0.153. The van der Waals surface area contributed by atoms with Gasteiger partial charge in [-0.15, -0.1) is 0 Å². The Labute approximate surface area is 250 Å². The molecule has 0 radical (unpaired) electrons. The van der Waals surface area contributed by atoms with Gasteiger partial charge in [0.25, 0.3) is 11.8 Å². The Bertz CT molecular complexity index is 1560. The normalized spacial score (nSPS) is 19.8. The summed E-state index contributed by atoms with van der Waals surface area (Å²) < 4.78 is 7.11. The highest BCUT2D eigenvalue weighted by atomic mass is 16.5. The molecule has 13 nitrogen and oxygen atoms in total. The van der Waals surface area contributed by atoms with E-state index < -0.39 is 12.0 Å². The molecule has 13 heteroatoms. The summed E-state index contributed by atoms with van der Waals surface area (Å²) in [5, 5.41) is 17.0. The second kappa shape index (κ2) is 12.2. The first-order valence-electron chi connectivity index (χ1n) is 14.7. The van der Waals surface area contributed by atoms with E-state index in [1.54, 1.807) is 21.7 Å². The number of aromatic nitrogens is 4. The molecule has 2 aliphatic rings. The lowest BCUT2D eigenvalue weighted by Crippen LogP contribution is -2.52. The van der Waals surface area contributed by atoms with Gasteiger partial charge < -0.3 is 25.6 Å². The zero-order chi connectivity index (χ0) is 30.7. The number of nitriles is 1. The van der Waals surface area contributed by atoms with Crippen molar-refractivity contribution in [2.45, 2.75) is 71.4 Å². The molecule has 2 saturated heterocycles. The molecular formula is C30H37N9O4. The quantitative estimate of drug-likeness (QED) is 0.265. The van der Waals surface area contributed by atoms with Gasteiger partial charge >= 0.3 is 5.97 Å². The number of ether oxygens (including phenoxy) is 1. The molecule has 0 saturated carbocycles. The Kier molecular flexibility index (Phi) is 8.47. The van der Waals surface area contributed by atoms with E-state index in [9.17, 15) is 14.4 Å². The summed E-state index contributed by atoms with van der Waals surface area (Å²) in [6.45, 7) is 8.01. The average Bonchev–Trinajstić information content (AvgIpc) is 3.57. The van der Waals surface area contributed by atoms with Crippen LogP contribution < -0.4 is 20.9 Å². The second-order valence-corrected chi connectivity index (χ2v) is 11.8. The summed E-state index contributed by atoms with van der Waals surface area (Å²) in [4.78, 5) is 50.3. The molecule has 3 N–H and O–H groups in total. The Morgan fingerprint density at radius 3 is 2.63 bits per heavy atom. The van der Waals surface area contributed by atoms with Crippen molar-refractivity contribution < 1.29 is 19.1 Å². The van der Waals surface area contributed by atoms with Crippen LogP contribution in [0.15, 0.2) is 30.9 Å². The topological polar surface area (TPSA) is 172 Å². The number of esters is 1. The monoisotopic (exact) mass is 587 g/mol. The number of piperidine rings is 1. The minimum absolute atomic E-state index is 0.0466. The molecule has 0 aliphatic carbocycles. The van der Waals surface area contributed by atoms with Crippen LogP contribution in [0.25, 0.3) is 5.52 Å². The van der Waals surface area contributed by atoms with Crippen LogP contribution in [-0.4, -0.2) is 69.1 Å². The molecule has 2 amide bonds. The first-order chi connectivity index (χ1) is 20.6. The van der Waals surface area contributed by atoms with Crippen molar-refractivity contribution in [1.82, 2.24) is 19.6 Å². The minimum Gasteiger partial charge on any atom is -0.452 e. The van der Waals surface area contributed by atoms with E-state index in [-0.39, 0.29) is 28.9 Å². The van der Waals surface area contributed by atoms with Crippen LogP contribution in [0.2, 0.25) is 0 Å². The molecule has 5 heterocycles. The van der Waals surface area contributed by atoms with Crippen molar-refractivity contribution in [3.05, 3.63) is 42.0 Å². The maximum Gasteiger partial charge on any atom is 0.306 e. The third-order valence-corrected chi connectivity index (χ3v) is 8.21. The summed E-state index contributed by atoms with van der Waals surface area (Å²) in [5.41, 5.74) is 7.89. The largest absolute Gasteiger partial charge is 0.452 e. The van der Waals surface area contributed by atoms with Gasteiger partial charge in [0.15, 0.2) is 6.10 Å². The van der Waals surface area contributed by atoms with Crippen LogP contribution in [0.1, 0.15) is 75.2 Å². The molecule has 5 rings (SSSR count). The summed E-state index contributed by atoms with van der Waals surface area (Å²) in [7, 11) is 0. The van der Waals surface area contributed by atoms with E-state index in [4.69, 9.17) is 15.7 Å². The number of nitrogens with one attached hydrogen (secondary N) is 1. The van der Waals surface area contributed by atoms with Crippen LogP contribution in [0.4, 0.5) is 17.3 Å². The van der Waals surface area contributed by atoms with Crippen molar-refractivity contribution >= 4 is 40.6 Å². The molecule has 226 valence electrons. The molecular weight excluding hydrogens is 550 g/mol. The third-order valence-electron chi connectivity index (χ3n) is 8.21. The molecule has 0 bridgehead atoms. The number of nitrogens with two attached hydrogens (primary N) is 1. The fraction of sp³-hybridized carbons (Fsp3) is 0.500. The number of hydrogen-bond acceptors (Lipinski definition) is 10. The molecule has 43 heavy (non-hydrogen) atoms. The van der Waals surface area contributed by atoms with Crippen molar-refractivity contribution in [1.29, 1.82) is 5.26 Å². The molecule has 3 aromatic rings. The smallest absolute Gasteiger partial charge is 0.306 e. The number of nitrogens with zero attached hydrogens (tertiary/aromatic N) is 7. The number of primary amides is 1. The van der Waals surface area contributed by atoms with Crippen LogP contribution in [0, 0.1) is 16.7 Å². The Balaban J connectivity index is 1.35. The number of rotatable bonds is 10. The fourth-order valence-electron chi connectivity index (χ4n) is 5.80. The first kappa shape index (κ1) is 29.8. The average molecular weight is 588 g/mol. The van der Waals surface area contributed by atoms with E-state index in [1.807, 2.05) is 6.07 Å². The van der Waals surface area contributed by atoms with Crippen LogP contribution in [0.3, 0.4) is 0 Å². The Hall–Kier alpha value is -4.73. The van der Waals surface area contributed by atoms with Gasteiger partial charge in [0, 0.05) is 43.9 Å². The minimum atomic E-state index is -0.810. The fourth-order valence-corrected chi connectivity index (χ4v) is 5.80. The molecule has 0 aromatic carbocycles. The lowest BCUT2D eigenvalue weighted by Gasteiger charge is -2.45. The predicted octanol–water partition coefficient (Wildman–Crippen LogP) is 3.04. The summed E-state index contributed by atoms with van der Waals surface area (Å²) in [6.07, 6.45) is 9.49. The van der Waals surface area contributed by atoms with Crippen LogP contribution >= 0.6 is 0 Å². The van der Waals surface area contributed by atoms with E-state index in [0.29, 0.717) is 67.3 Å². The molecule has 0 spiro atoms.